The van der Waals surface area contributed by atoms with Crippen LogP contribution in [0.5, 0.6) is 0 Å². The number of carbonyl (C=O) groups is 1. The van der Waals surface area contributed by atoms with Crippen molar-refractivity contribution in [3.05, 3.63) is 35.3 Å². The minimum absolute atomic E-state index is 0.0235. The molecule has 3 aliphatic rings. The van der Waals surface area contributed by atoms with Gasteiger partial charge in [-0.05, 0) is 54.2 Å². The van der Waals surface area contributed by atoms with Crippen molar-refractivity contribution >= 4 is 74.2 Å². The predicted molar refractivity (Wildman–Crippen MR) is 219 cm³/mol. The van der Waals surface area contributed by atoms with Gasteiger partial charge < -0.3 is 37.5 Å². The monoisotopic (exact) mass is 903 g/mol. The fourth-order valence-electron chi connectivity index (χ4n) is 6.35. The lowest BCUT2D eigenvalue weighted by molar-refractivity contribution is -0.118. The number of alkyl halides is 1. The molecule has 4 N–H and O–H groups in total. The molecule has 3 aromatic rings. The van der Waals surface area contributed by atoms with Crippen LogP contribution in [0.2, 0.25) is 18.1 Å². The maximum Gasteiger partial charge on any atom is 0.327 e. The summed E-state index contributed by atoms with van der Waals surface area (Å²) in [6.07, 6.45) is -3.26. The van der Waals surface area contributed by atoms with E-state index in [9.17, 15) is 19.7 Å². The van der Waals surface area contributed by atoms with E-state index in [0.29, 0.717) is 5.82 Å². The Morgan fingerprint density at radius 3 is 2.66 bits per heavy atom. The van der Waals surface area contributed by atoms with Crippen molar-refractivity contribution in [2.75, 3.05) is 30.5 Å². The zero-order chi connectivity index (χ0) is 42.2. The number of aromatic nitrogens is 6. The Hall–Kier alpha value is -2.68. The molecule has 3 fully saturated rings. The number of hydrogen-bond acceptors (Lipinski definition) is 17. The molecule has 0 aromatic carbocycles. The maximum atomic E-state index is 16.3. The average molecular weight is 904 g/mol. The zero-order valence-corrected chi connectivity index (χ0v) is 37.4. The third kappa shape index (κ3) is 10.1. The van der Waals surface area contributed by atoms with E-state index >= 15 is 4.39 Å². The molecule has 1 aliphatic carbocycles. The van der Waals surface area contributed by atoms with Gasteiger partial charge in [0.15, 0.2) is 25.7 Å². The van der Waals surface area contributed by atoms with E-state index in [1.165, 1.54) is 23.4 Å². The number of hydrogen-bond donors (Lipinski definition) is 4. The van der Waals surface area contributed by atoms with Crippen LogP contribution in [-0.2, 0) is 60.2 Å². The fraction of sp³-hybridized carbons (Fsp3) is 0.667. The van der Waals surface area contributed by atoms with Gasteiger partial charge in [-0.1, -0.05) is 34.6 Å². The Balaban J connectivity index is 1.44. The van der Waals surface area contributed by atoms with Crippen LogP contribution in [0.25, 0.3) is 11.2 Å². The Morgan fingerprint density at radius 1 is 1.22 bits per heavy atom. The number of nitrogens with zero attached hydrogens (tertiary/aromatic N) is 6. The highest BCUT2D eigenvalue weighted by atomic mass is 32.5. The highest BCUT2D eigenvalue weighted by molar-refractivity contribution is 8.07. The lowest BCUT2D eigenvalue weighted by Crippen LogP contribution is -2.50. The van der Waals surface area contributed by atoms with Gasteiger partial charge in [-0.25, -0.2) is 19.3 Å². The van der Waals surface area contributed by atoms with Gasteiger partial charge in [-0.3, -0.25) is 29.0 Å². The van der Waals surface area contributed by atoms with Gasteiger partial charge in [0.1, 0.15) is 42.7 Å². The van der Waals surface area contributed by atoms with Gasteiger partial charge in [-0.15, -0.1) is 0 Å². The molecule has 2 saturated heterocycles. The molecule has 3 aromatic heterocycles. The molecule has 10 atom stereocenters. The highest BCUT2D eigenvalue weighted by Crippen LogP contribution is 2.58. The van der Waals surface area contributed by atoms with E-state index in [0.717, 1.165) is 0 Å². The first-order chi connectivity index (χ1) is 27.2. The summed E-state index contributed by atoms with van der Waals surface area (Å²) in [5.74, 6) is -1.31. The van der Waals surface area contributed by atoms with Gasteiger partial charge in [0, 0.05) is 18.0 Å². The molecule has 0 spiro atoms. The van der Waals surface area contributed by atoms with Gasteiger partial charge in [0.2, 0.25) is 11.9 Å². The van der Waals surface area contributed by atoms with Crippen LogP contribution in [0.4, 0.5) is 16.2 Å². The van der Waals surface area contributed by atoms with E-state index in [4.69, 9.17) is 55.4 Å². The molecule has 318 valence electrons. The normalized spacial score (nSPS) is 32.2. The largest absolute Gasteiger partial charge is 0.408 e. The number of nitriles is 1. The molecule has 1 unspecified atom stereocenters. The minimum atomic E-state index is -4.20. The van der Waals surface area contributed by atoms with E-state index < -0.39 is 88.6 Å². The molecule has 19 nitrogen and oxygen atoms in total. The third-order valence-electron chi connectivity index (χ3n) is 10.4. The van der Waals surface area contributed by atoms with Gasteiger partial charge in [0.25, 0.3) is 5.56 Å². The smallest absolute Gasteiger partial charge is 0.327 e. The van der Waals surface area contributed by atoms with Crippen LogP contribution in [0.15, 0.2) is 29.7 Å². The summed E-state index contributed by atoms with van der Waals surface area (Å²) in [4.78, 5) is 56.7. The SMILES string of the molecule is CC(C)C(=O)Nc1nc2c(ncn2[C@@H]2O[C@@H]3COP(O)(=S)O[C@@H]4[C@@H](CO[P@](=S)(OCCC#N)O[C@@H]2[C@@H]3O[Si](C)(C)C(C)(C)C)C[C@@H](Nc2ccncn2)[C@H]4F)c(=O)[nH]1. The van der Waals surface area contributed by atoms with Crippen molar-refractivity contribution in [3.8, 4) is 6.07 Å². The topological polar surface area (TPSA) is 239 Å². The summed E-state index contributed by atoms with van der Waals surface area (Å²) in [6.45, 7) is 4.59. The number of rotatable bonds is 10. The summed E-state index contributed by atoms with van der Waals surface area (Å²) in [6, 6.07) is 2.76. The molecule has 0 radical (unpaired) electrons. The number of imidazole rings is 1. The molecular weight excluding hydrogens is 856 g/mol. The number of fused-ring (bicyclic) bond motifs is 4. The van der Waals surface area contributed by atoms with Gasteiger partial charge in [0.05, 0.1) is 44.7 Å². The minimum Gasteiger partial charge on any atom is -0.408 e. The Morgan fingerprint density at radius 2 is 1.98 bits per heavy atom. The van der Waals surface area contributed by atoms with Crippen LogP contribution in [-0.4, -0.2) is 105 Å². The van der Waals surface area contributed by atoms with Crippen LogP contribution in [0, 0.1) is 23.2 Å². The number of anilines is 2. The average Bonchev–Trinajstić information content (AvgIpc) is 3.79. The van der Waals surface area contributed by atoms with Crippen LogP contribution in [0.1, 0.15) is 53.7 Å². The molecule has 2 aliphatic heterocycles. The lowest BCUT2D eigenvalue weighted by Gasteiger charge is -2.41. The number of carbonyl (C=O) groups excluding carboxylic acids is 1. The van der Waals surface area contributed by atoms with Crippen molar-refractivity contribution < 1.29 is 45.9 Å². The number of halogens is 1. The standard InChI is InChI=1S/C33H48FN9O10P2S2Si/c1-18(2)29(44)41-32-40-28-24(30(45)42-32)38-17-43(28)31-27-26(53-58(6,7)33(3,4)5)21(50-31)15-48-54(46,56)51-25-19(14-49-55(57,52-27)47-12-8-10-35)13-20(23(25)34)39-22-9-11-36-16-37-22/h9,11,16-21,23,25-27,31H,8,12-15H2,1-7H3,(H,46,56)(H,36,37,39)(H2,40,41,42,44,45)/t19-,20-,21-,23-,25-,26-,27-,31-,54?,55-/m1/s1. The van der Waals surface area contributed by atoms with E-state index in [2.05, 4.69) is 35.6 Å². The molecular formula is C33H48FN9O10P2S2Si. The van der Waals surface area contributed by atoms with Gasteiger partial charge in [-0.2, -0.15) is 10.2 Å². The van der Waals surface area contributed by atoms with Crippen molar-refractivity contribution in [2.24, 2.45) is 11.8 Å². The molecule has 6 rings (SSSR count). The quantitative estimate of drug-likeness (QED) is 0.121. The van der Waals surface area contributed by atoms with Crippen LogP contribution < -0.4 is 16.2 Å². The van der Waals surface area contributed by atoms with Crippen molar-refractivity contribution in [1.82, 2.24) is 29.5 Å². The Kier molecular flexibility index (Phi) is 13.7. The third-order valence-corrected chi connectivity index (χ3v) is 18.8. The van der Waals surface area contributed by atoms with Crippen LogP contribution in [0.3, 0.4) is 0 Å². The summed E-state index contributed by atoms with van der Waals surface area (Å²) in [5.41, 5.74) is -0.680. The van der Waals surface area contributed by atoms with Crippen LogP contribution >= 0.6 is 13.4 Å². The Bertz CT molecular complexity index is 2160. The number of aromatic amines is 1. The second-order valence-corrected chi connectivity index (χ2v) is 26.5. The zero-order valence-electron chi connectivity index (χ0n) is 32.9. The van der Waals surface area contributed by atoms with E-state index in [-0.39, 0.29) is 54.1 Å². The maximum absolute atomic E-state index is 16.3. The highest BCUT2D eigenvalue weighted by Gasteiger charge is 2.55. The number of nitrogens with one attached hydrogen (secondary N) is 3. The lowest BCUT2D eigenvalue weighted by atomic mass is 10.1. The molecule has 1 amide bonds. The second-order valence-electron chi connectivity index (χ2n) is 16.0. The van der Waals surface area contributed by atoms with E-state index in [1.54, 1.807) is 19.9 Å². The summed E-state index contributed by atoms with van der Waals surface area (Å²) < 4.78 is 62.5. The second kappa shape index (κ2) is 17.7. The van der Waals surface area contributed by atoms with Crippen molar-refractivity contribution in [3.63, 3.8) is 0 Å². The molecule has 58 heavy (non-hydrogen) atoms. The summed E-state index contributed by atoms with van der Waals surface area (Å²) in [7, 11) is -2.71. The molecule has 25 heteroatoms. The van der Waals surface area contributed by atoms with Crippen molar-refractivity contribution in [1.29, 1.82) is 5.26 Å². The Labute approximate surface area is 345 Å². The molecule has 5 heterocycles. The first-order valence-corrected chi connectivity index (χ1v) is 26.6. The summed E-state index contributed by atoms with van der Waals surface area (Å²) >= 11 is 11.5. The molecule has 1 saturated carbocycles. The van der Waals surface area contributed by atoms with Crippen molar-refractivity contribution in [2.45, 2.75) is 108 Å². The molecule has 2 bridgehead atoms. The van der Waals surface area contributed by atoms with Gasteiger partial charge >= 0.3 is 13.4 Å². The first-order valence-electron chi connectivity index (χ1n) is 18.6. The fourth-order valence-corrected chi connectivity index (χ4v) is 11.3. The predicted octanol–water partition coefficient (Wildman–Crippen LogP) is 4.82. The number of ether oxygens (including phenoxy) is 1. The number of H-pyrrole nitrogens is 1. The van der Waals surface area contributed by atoms with E-state index in [1.807, 2.05) is 39.9 Å². The number of amides is 1. The first kappa shape index (κ1) is 44.9. The summed E-state index contributed by atoms with van der Waals surface area (Å²) in [5, 5.41) is 14.7.